The Labute approximate surface area is 91.1 Å². The molecule has 1 heterocycles. The lowest BCUT2D eigenvalue weighted by atomic mass is 9.85. The van der Waals surface area contributed by atoms with Gasteiger partial charge in [-0.15, -0.1) is 0 Å². The zero-order chi connectivity index (χ0) is 12.0. The van der Waals surface area contributed by atoms with Crippen LogP contribution in [0.25, 0.3) is 0 Å². The molecule has 0 amide bonds. The highest BCUT2D eigenvalue weighted by molar-refractivity contribution is 5.57. The molecule has 0 saturated heterocycles. The summed E-state index contributed by atoms with van der Waals surface area (Å²) in [4.78, 5) is 0. The third kappa shape index (κ3) is 1.55. The van der Waals surface area contributed by atoms with Crippen LogP contribution in [0.15, 0.2) is 18.2 Å². The summed E-state index contributed by atoms with van der Waals surface area (Å²) in [5.41, 5.74) is -1.74. The molecule has 2 N–H and O–H groups in total. The maximum absolute atomic E-state index is 12.9. The van der Waals surface area contributed by atoms with Crippen molar-refractivity contribution in [1.29, 1.82) is 0 Å². The number of aryl methyl sites for hydroxylation is 1. The van der Waals surface area contributed by atoms with E-state index < -0.39 is 11.8 Å². The first kappa shape index (κ1) is 11.3. The van der Waals surface area contributed by atoms with Crippen LogP contribution in [0, 0.1) is 6.92 Å². The third-order valence-electron chi connectivity index (χ3n) is 2.89. The van der Waals surface area contributed by atoms with Crippen LogP contribution in [0.4, 0.5) is 18.9 Å². The van der Waals surface area contributed by atoms with E-state index in [9.17, 15) is 18.3 Å². The summed E-state index contributed by atoms with van der Waals surface area (Å²) >= 11 is 0. The van der Waals surface area contributed by atoms with Gasteiger partial charge in [-0.1, -0.05) is 17.7 Å². The fraction of sp³-hybridized carbons (Fsp3) is 0.455. The van der Waals surface area contributed by atoms with Crippen LogP contribution in [-0.4, -0.2) is 17.8 Å². The highest BCUT2D eigenvalue weighted by atomic mass is 19.4. The van der Waals surface area contributed by atoms with E-state index in [1.807, 2.05) is 0 Å². The number of hydrogen-bond acceptors (Lipinski definition) is 2. The van der Waals surface area contributed by atoms with Gasteiger partial charge < -0.3 is 10.4 Å². The first-order chi connectivity index (χ1) is 7.34. The number of benzene rings is 1. The molecule has 0 aromatic heterocycles. The van der Waals surface area contributed by atoms with Crippen molar-refractivity contribution >= 4 is 5.69 Å². The van der Waals surface area contributed by atoms with E-state index in [1.54, 1.807) is 19.1 Å². The SMILES string of the molecule is Cc1ccc2c(c1)C(O)(C(F)(F)F)CCN2. The van der Waals surface area contributed by atoms with E-state index in [0.717, 1.165) is 0 Å². The van der Waals surface area contributed by atoms with E-state index in [0.29, 0.717) is 11.3 Å². The van der Waals surface area contributed by atoms with E-state index >= 15 is 0 Å². The van der Waals surface area contributed by atoms with Crippen molar-refractivity contribution in [2.24, 2.45) is 0 Å². The zero-order valence-electron chi connectivity index (χ0n) is 8.73. The Bertz CT molecular complexity index is 416. The van der Waals surface area contributed by atoms with Crippen LogP contribution in [0.5, 0.6) is 0 Å². The van der Waals surface area contributed by atoms with Gasteiger partial charge in [-0.2, -0.15) is 13.2 Å². The Kier molecular flexibility index (Phi) is 2.38. The lowest BCUT2D eigenvalue weighted by Gasteiger charge is -2.36. The van der Waals surface area contributed by atoms with Gasteiger partial charge in [-0.05, 0) is 13.0 Å². The van der Waals surface area contributed by atoms with Gasteiger partial charge in [0.25, 0.3) is 0 Å². The van der Waals surface area contributed by atoms with Crippen LogP contribution in [0.3, 0.4) is 0 Å². The van der Waals surface area contributed by atoms with Gasteiger partial charge in [-0.25, -0.2) is 0 Å². The molecule has 5 heteroatoms. The predicted octanol–water partition coefficient (Wildman–Crippen LogP) is 2.56. The van der Waals surface area contributed by atoms with Crippen molar-refractivity contribution in [3.05, 3.63) is 29.3 Å². The second-order valence-corrected chi connectivity index (χ2v) is 4.08. The summed E-state index contributed by atoms with van der Waals surface area (Å²) in [5.74, 6) is 0. The van der Waals surface area contributed by atoms with E-state index in [1.165, 1.54) is 6.07 Å². The lowest BCUT2D eigenvalue weighted by Crippen LogP contribution is -2.46. The minimum absolute atomic E-state index is 0.0775. The minimum Gasteiger partial charge on any atom is -0.385 e. The largest absolute Gasteiger partial charge is 0.421 e. The molecule has 2 nitrogen and oxygen atoms in total. The molecule has 0 radical (unpaired) electrons. The highest BCUT2D eigenvalue weighted by Gasteiger charge is 2.56. The van der Waals surface area contributed by atoms with E-state index in [-0.39, 0.29) is 18.5 Å². The molecular weight excluding hydrogens is 219 g/mol. The van der Waals surface area contributed by atoms with E-state index in [2.05, 4.69) is 5.32 Å². The molecule has 0 fully saturated rings. The molecule has 0 saturated carbocycles. The third-order valence-corrected chi connectivity index (χ3v) is 2.89. The van der Waals surface area contributed by atoms with E-state index in [4.69, 9.17) is 0 Å². The first-order valence-electron chi connectivity index (χ1n) is 4.99. The molecule has 0 bridgehead atoms. The normalized spacial score (nSPS) is 24.8. The number of nitrogens with one attached hydrogen (secondary N) is 1. The number of alkyl halides is 3. The topological polar surface area (TPSA) is 32.3 Å². The van der Waals surface area contributed by atoms with Gasteiger partial charge in [0.1, 0.15) is 0 Å². The Balaban J connectivity index is 2.59. The zero-order valence-corrected chi connectivity index (χ0v) is 8.73. The quantitative estimate of drug-likeness (QED) is 0.719. The van der Waals surface area contributed by atoms with Crippen LogP contribution >= 0.6 is 0 Å². The summed E-state index contributed by atoms with van der Waals surface area (Å²) in [5, 5.41) is 12.7. The summed E-state index contributed by atoms with van der Waals surface area (Å²) in [6.45, 7) is 1.82. The lowest BCUT2D eigenvalue weighted by molar-refractivity contribution is -0.268. The molecule has 1 aromatic carbocycles. The summed E-state index contributed by atoms with van der Waals surface area (Å²) in [7, 11) is 0. The van der Waals surface area contributed by atoms with Crippen molar-refractivity contribution in [3.63, 3.8) is 0 Å². The van der Waals surface area contributed by atoms with Crippen molar-refractivity contribution in [1.82, 2.24) is 0 Å². The van der Waals surface area contributed by atoms with Crippen molar-refractivity contribution in [2.75, 3.05) is 11.9 Å². The van der Waals surface area contributed by atoms with Gasteiger partial charge >= 0.3 is 6.18 Å². The number of fused-ring (bicyclic) bond motifs is 1. The number of hydrogen-bond donors (Lipinski definition) is 2. The summed E-state index contributed by atoms with van der Waals surface area (Å²) in [6, 6.07) is 4.67. The molecule has 0 aliphatic carbocycles. The number of anilines is 1. The molecule has 1 aliphatic heterocycles. The molecular formula is C11H12F3NO. The molecule has 2 rings (SSSR count). The molecule has 1 aromatic rings. The average Bonchev–Trinajstić information content (AvgIpc) is 2.18. The number of aliphatic hydroxyl groups is 1. The number of halogens is 3. The minimum atomic E-state index is -4.64. The Morgan fingerprint density at radius 3 is 2.69 bits per heavy atom. The van der Waals surface area contributed by atoms with Crippen molar-refractivity contribution in [2.45, 2.75) is 25.1 Å². The van der Waals surface area contributed by atoms with Crippen molar-refractivity contribution < 1.29 is 18.3 Å². The van der Waals surface area contributed by atoms with Gasteiger partial charge in [-0.3, -0.25) is 0 Å². The first-order valence-corrected chi connectivity index (χ1v) is 4.99. The Hall–Kier alpha value is -1.23. The maximum atomic E-state index is 12.9. The second kappa shape index (κ2) is 3.38. The average molecular weight is 231 g/mol. The molecule has 1 atom stereocenters. The molecule has 88 valence electrons. The highest BCUT2D eigenvalue weighted by Crippen LogP contribution is 2.46. The maximum Gasteiger partial charge on any atom is 0.421 e. The van der Waals surface area contributed by atoms with Gasteiger partial charge in [0.05, 0.1) is 0 Å². The van der Waals surface area contributed by atoms with Gasteiger partial charge in [0, 0.05) is 24.2 Å². The van der Waals surface area contributed by atoms with Crippen LogP contribution in [-0.2, 0) is 5.60 Å². The monoisotopic (exact) mass is 231 g/mol. The van der Waals surface area contributed by atoms with Crippen molar-refractivity contribution in [3.8, 4) is 0 Å². The molecule has 1 aliphatic rings. The number of rotatable bonds is 0. The summed E-state index contributed by atoms with van der Waals surface area (Å²) < 4.78 is 38.6. The van der Waals surface area contributed by atoms with Crippen LogP contribution in [0.2, 0.25) is 0 Å². The fourth-order valence-electron chi connectivity index (χ4n) is 1.96. The van der Waals surface area contributed by atoms with Gasteiger partial charge in [0.2, 0.25) is 0 Å². The second-order valence-electron chi connectivity index (χ2n) is 4.08. The van der Waals surface area contributed by atoms with Gasteiger partial charge in [0.15, 0.2) is 5.60 Å². The smallest absolute Gasteiger partial charge is 0.385 e. The Morgan fingerprint density at radius 2 is 2.06 bits per heavy atom. The Morgan fingerprint density at radius 1 is 1.38 bits per heavy atom. The van der Waals surface area contributed by atoms with Crippen LogP contribution in [0.1, 0.15) is 17.5 Å². The standard InChI is InChI=1S/C11H12F3NO/c1-7-2-3-9-8(6-7)10(16,4-5-15-9)11(12,13)14/h2-3,6,15-16H,4-5H2,1H3. The van der Waals surface area contributed by atoms with Crippen LogP contribution < -0.4 is 5.32 Å². The molecule has 1 unspecified atom stereocenters. The fourth-order valence-corrected chi connectivity index (χ4v) is 1.96. The molecule has 0 spiro atoms. The predicted molar refractivity (Wildman–Crippen MR) is 54.2 cm³/mol. The summed E-state index contributed by atoms with van der Waals surface area (Å²) in [6.07, 6.45) is -5.00. The molecule has 16 heavy (non-hydrogen) atoms.